The predicted octanol–water partition coefficient (Wildman–Crippen LogP) is 7.04. The molecular weight excluding hydrogens is 662 g/mol. The molecule has 240 valence electrons. The number of nitrogens with zero attached hydrogens (tertiary/aromatic N) is 2. The van der Waals surface area contributed by atoms with Gasteiger partial charge in [0.05, 0.1) is 10.6 Å². The molecule has 7 nitrogen and oxygen atoms in total. The van der Waals surface area contributed by atoms with Crippen LogP contribution in [0, 0.1) is 6.92 Å². The summed E-state index contributed by atoms with van der Waals surface area (Å²) in [5.74, 6) is -0.701. The molecule has 0 bridgehead atoms. The lowest BCUT2D eigenvalue weighted by Crippen LogP contribution is -2.55. The van der Waals surface area contributed by atoms with Crippen molar-refractivity contribution >= 4 is 43.5 Å². The Labute approximate surface area is 280 Å². The number of rotatable bonds is 12. The summed E-state index contributed by atoms with van der Waals surface area (Å²) in [7, 11) is -4.13. The van der Waals surface area contributed by atoms with E-state index in [1.54, 1.807) is 41.3 Å². The Morgan fingerprint density at radius 1 is 0.826 bits per heavy atom. The Kier molecular flexibility index (Phi) is 11.3. The summed E-state index contributed by atoms with van der Waals surface area (Å²) in [4.78, 5) is 30.5. The Hall–Kier alpha value is -3.95. The van der Waals surface area contributed by atoms with Crippen LogP contribution in [0.5, 0.6) is 0 Å². The van der Waals surface area contributed by atoms with Crippen molar-refractivity contribution in [2.24, 2.45) is 0 Å². The van der Waals surface area contributed by atoms with Gasteiger partial charge in [0.1, 0.15) is 12.6 Å². The number of hydrogen-bond donors (Lipinski definition) is 1. The molecule has 4 aromatic rings. The molecule has 0 unspecified atom stereocenters. The number of benzene rings is 4. The van der Waals surface area contributed by atoms with Gasteiger partial charge in [-0.3, -0.25) is 13.9 Å². The minimum absolute atomic E-state index is 0.0459. The van der Waals surface area contributed by atoms with Crippen molar-refractivity contribution in [3.8, 4) is 0 Å². The summed E-state index contributed by atoms with van der Waals surface area (Å²) in [6, 6.07) is 31.6. The van der Waals surface area contributed by atoms with Gasteiger partial charge in [0.2, 0.25) is 11.8 Å². The van der Waals surface area contributed by atoms with E-state index in [0.29, 0.717) is 5.69 Å². The first-order valence-electron chi connectivity index (χ1n) is 15.7. The maximum Gasteiger partial charge on any atom is 0.264 e. The molecule has 0 aliphatic heterocycles. The van der Waals surface area contributed by atoms with Crippen molar-refractivity contribution in [3.05, 3.63) is 130 Å². The first-order valence-corrected chi connectivity index (χ1v) is 18.0. The fourth-order valence-corrected chi connectivity index (χ4v) is 7.84. The maximum absolute atomic E-state index is 14.6. The smallest absolute Gasteiger partial charge is 0.264 e. The van der Waals surface area contributed by atoms with Gasteiger partial charge in [-0.25, -0.2) is 8.42 Å². The van der Waals surface area contributed by atoms with Gasteiger partial charge in [-0.15, -0.1) is 0 Å². The van der Waals surface area contributed by atoms with Crippen molar-refractivity contribution < 1.29 is 18.0 Å². The molecule has 9 heteroatoms. The Balaban J connectivity index is 1.56. The van der Waals surface area contributed by atoms with Gasteiger partial charge in [-0.05, 0) is 72.9 Å². The highest BCUT2D eigenvalue weighted by Crippen LogP contribution is 2.26. The van der Waals surface area contributed by atoms with E-state index in [1.807, 2.05) is 67.6 Å². The molecule has 1 fully saturated rings. The zero-order valence-electron chi connectivity index (χ0n) is 26.0. The normalized spacial score (nSPS) is 14.3. The topological polar surface area (TPSA) is 86.8 Å². The highest BCUT2D eigenvalue weighted by atomic mass is 79.9. The fourth-order valence-electron chi connectivity index (χ4n) is 5.96. The van der Waals surface area contributed by atoms with Crippen LogP contribution in [0.3, 0.4) is 0 Å². The van der Waals surface area contributed by atoms with Crippen LogP contribution in [-0.2, 0) is 32.6 Å². The lowest BCUT2D eigenvalue weighted by molar-refractivity contribution is -0.140. The molecule has 1 atom stereocenters. The van der Waals surface area contributed by atoms with Gasteiger partial charge in [-0.2, -0.15) is 0 Å². The molecule has 1 aliphatic carbocycles. The number of anilines is 1. The SMILES string of the molecule is Cc1cccc(N(CC(=O)N(Cc2cccc(Br)c2)[C@@H](Cc2ccccc2)C(=O)NC2CCCCC2)S(=O)(=O)c2ccccc2)c1. The number of sulfonamides is 1. The third-order valence-corrected chi connectivity index (χ3v) is 10.6. The fraction of sp³-hybridized carbons (Fsp3) is 0.297. The molecule has 0 heterocycles. The zero-order valence-corrected chi connectivity index (χ0v) is 28.4. The molecule has 0 aromatic heterocycles. The van der Waals surface area contributed by atoms with Gasteiger partial charge >= 0.3 is 0 Å². The van der Waals surface area contributed by atoms with E-state index in [4.69, 9.17) is 0 Å². The molecule has 2 amide bonds. The molecule has 0 spiro atoms. The summed E-state index contributed by atoms with van der Waals surface area (Å²) >= 11 is 3.53. The second kappa shape index (κ2) is 15.6. The van der Waals surface area contributed by atoms with Gasteiger partial charge in [0.15, 0.2) is 0 Å². The summed E-state index contributed by atoms with van der Waals surface area (Å²) in [6.45, 7) is 1.53. The summed E-state index contributed by atoms with van der Waals surface area (Å²) in [5, 5.41) is 3.25. The lowest BCUT2D eigenvalue weighted by atomic mass is 9.94. The summed E-state index contributed by atoms with van der Waals surface area (Å²) < 4.78 is 30.3. The monoisotopic (exact) mass is 701 g/mol. The third kappa shape index (κ3) is 8.65. The average Bonchev–Trinajstić information content (AvgIpc) is 3.06. The summed E-state index contributed by atoms with van der Waals surface area (Å²) in [6.07, 6.45) is 5.35. The summed E-state index contributed by atoms with van der Waals surface area (Å²) in [5.41, 5.74) is 2.97. The van der Waals surface area contributed by atoms with E-state index < -0.39 is 28.5 Å². The number of halogens is 1. The van der Waals surface area contributed by atoms with Crippen molar-refractivity contribution in [2.75, 3.05) is 10.8 Å². The molecular formula is C37H40BrN3O4S. The number of amides is 2. The minimum atomic E-state index is -4.13. The van der Waals surface area contributed by atoms with E-state index in [9.17, 15) is 18.0 Å². The van der Waals surface area contributed by atoms with Crippen LogP contribution in [0.4, 0.5) is 5.69 Å². The van der Waals surface area contributed by atoms with E-state index in [-0.39, 0.29) is 29.8 Å². The first kappa shape index (κ1) is 33.4. The number of hydrogen-bond acceptors (Lipinski definition) is 4. The standard InChI is InChI=1S/C37H40BrN3O4S/c1-28-13-11-20-33(23-28)41(46(44,45)34-21-9-4-10-22-34)27-36(42)40(26-30-16-12-17-31(38)24-30)35(25-29-14-5-2-6-15-29)37(43)39-32-18-7-3-8-19-32/h2,4-6,9-17,20-24,32,35H,3,7-8,18-19,25-27H2,1H3,(H,39,43)/t35-/m0/s1. The van der Waals surface area contributed by atoms with Crippen LogP contribution >= 0.6 is 15.9 Å². The van der Waals surface area contributed by atoms with Crippen LogP contribution in [0.2, 0.25) is 0 Å². The van der Waals surface area contributed by atoms with Gasteiger partial charge in [-0.1, -0.05) is 108 Å². The Bertz CT molecular complexity index is 1730. The molecule has 1 aliphatic rings. The number of carbonyl (C=O) groups excluding carboxylic acids is 2. The molecule has 5 rings (SSSR count). The molecule has 0 radical (unpaired) electrons. The highest BCUT2D eigenvalue weighted by molar-refractivity contribution is 9.10. The van der Waals surface area contributed by atoms with Crippen molar-refractivity contribution in [2.45, 2.75) is 69.0 Å². The molecule has 0 saturated heterocycles. The molecule has 1 saturated carbocycles. The van der Waals surface area contributed by atoms with E-state index >= 15 is 0 Å². The van der Waals surface area contributed by atoms with Crippen LogP contribution in [-0.4, -0.2) is 43.8 Å². The van der Waals surface area contributed by atoms with Gasteiger partial charge in [0, 0.05) is 23.5 Å². The lowest BCUT2D eigenvalue weighted by Gasteiger charge is -2.35. The quantitative estimate of drug-likeness (QED) is 0.172. The van der Waals surface area contributed by atoms with E-state index in [0.717, 1.165) is 57.6 Å². The van der Waals surface area contributed by atoms with Crippen LogP contribution in [0.1, 0.15) is 48.8 Å². The second-order valence-electron chi connectivity index (χ2n) is 11.9. The van der Waals surface area contributed by atoms with Crippen LogP contribution < -0.4 is 9.62 Å². The van der Waals surface area contributed by atoms with Gasteiger partial charge < -0.3 is 10.2 Å². The first-order chi connectivity index (χ1) is 22.2. The number of nitrogens with one attached hydrogen (secondary N) is 1. The van der Waals surface area contributed by atoms with Crippen molar-refractivity contribution in [1.82, 2.24) is 10.2 Å². The highest BCUT2D eigenvalue weighted by Gasteiger charge is 2.35. The molecule has 46 heavy (non-hydrogen) atoms. The van der Waals surface area contributed by atoms with Gasteiger partial charge in [0.25, 0.3) is 10.0 Å². The van der Waals surface area contributed by atoms with Crippen LogP contribution in [0.15, 0.2) is 119 Å². The minimum Gasteiger partial charge on any atom is -0.352 e. The van der Waals surface area contributed by atoms with E-state index in [1.165, 1.54) is 12.1 Å². The average molecular weight is 703 g/mol. The molecule has 1 N–H and O–H groups in total. The Morgan fingerprint density at radius 2 is 1.48 bits per heavy atom. The van der Waals surface area contributed by atoms with Crippen LogP contribution in [0.25, 0.3) is 0 Å². The van der Waals surface area contributed by atoms with Crippen molar-refractivity contribution in [1.29, 1.82) is 0 Å². The number of aryl methyl sites for hydroxylation is 1. The molecule has 4 aromatic carbocycles. The maximum atomic E-state index is 14.6. The van der Waals surface area contributed by atoms with E-state index in [2.05, 4.69) is 21.2 Å². The third-order valence-electron chi connectivity index (χ3n) is 8.36. The second-order valence-corrected chi connectivity index (χ2v) is 14.6. The predicted molar refractivity (Wildman–Crippen MR) is 186 cm³/mol. The Morgan fingerprint density at radius 3 is 2.15 bits per heavy atom. The number of carbonyl (C=O) groups is 2. The van der Waals surface area contributed by atoms with Crippen molar-refractivity contribution in [3.63, 3.8) is 0 Å². The largest absolute Gasteiger partial charge is 0.352 e. The zero-order chi connectivity index (χ0) is 32.5.